The average Bonchev–Trinajstić information content (AvgIpc) is 3.06. The third-order valence-electron chi connectivity index (χ3n) is 7.92. The lowest BCUT2D eigenvalue weighted by atomic mass is 9.98. The number of anilines is 1. The van der Waals surface area contributed by atoms with Crippen LogP contribution in [0.1, 0.15) is 55.8 Å². The van der Waals surface area contributed by atoms with Crippen molar-refractivity contribution in [3.8, 4) is 17.2 Å². The van der Waals surface area contributed by atoms with Crippen LogP contribution >= 0.6 is 0 Å². The topological polar surface area (TPSA) is 77.1 Å². The Hall–Kier alpha value is -4.62. The van der Waals surface area contributed by atoms with Gasteiger partial charge < -0.3 is 19.5 Å². The van der Waals surface area contributed by atoms with Gasteiger partial charge >= 0.3 is 0 Å². The van der Waals surface area contributed by atoms with Crippen molar-refractivity contribution >= 4 is 17.4 Å². The van der Waals surface area contributed by atoms with Crippen LogP contribution in [0.4, 0.5) is 5.69 Å². The molecule has 0 saturated carbocycles. The summed E-state index contributed by atoms with van der Waals surface area (Å²) in [6.45, 7) is 3.04. The molecule has 0 aromatic heterocycles. The van der Waals surface area contributed by atoms with Gasteiger partial charge in [-0.05, 0) is 97.4 Å². The molecule has 0 bridgehead atoms. The maximum atomic E-state index is 13.0. The molecule has 1 aliphatic rings. The Morgan fingerprint density at radius 1 is 0.744 bits per heavy atom. The average molecular weight is 579 g/mol. The van der Waals surface area contributed by atoms with E-state index in [1.807, 2.05) is 12.1 Å². The third-order valence-corrected chi connectivity index (χ3v) is 7.92. The highest BCUT2D eigenvalue weighted by Gasteiger charge is 2.19. The molecule has 1 N–H and O–H groups in total. The van der Waals surface area contributed by atoms with Crippen LogP contribution in [0.15, 0.2) is 84.9 Å². The molecule has 0 spiro atoms. The Bertz CT molecular complexity index is 1580. The predicted molar refractivity (Wildman–Crippen MR) is 169 cm³/mol. The van der Waals surface area contributed by atoms with E-state index in [-0.39, 0.29) is 11.7 Å². The predicted octanol–water partition coefficient (Wildman–Crippen LogP) is 6.58. The molecule has 1 amide bonds. The zero-order chi connectivity index (χ0) is 30.2. The molecule has 1 heterocycles. The fourth-order valence-electron chi connectivity index (χ4n) is 5.49. The number of rotatable bonds is 12. The number of nitrogens with one attached hydrogen (secondary N) is 1. The van der Waals surface area contributed by atoms with Crippen molar-refractivity contribution in [1.29, 1.82) is 0 Å². The zero-order valence-corrected chi connectivity index (χ0v) is 25.0. The van der Waals surface area contributed by atoms with Crippen LogP contribution in [0.2, 0.25) is 0 Å². The number of benzene rings is 4. The van der Waals surface area contributed by atoms with E-state index in [0.29, 0.717) is 22.4 Å². The number of aryl methyl sites for hydroxylation is 1. The lowest BCUT2D eigenvalue weighted by molar-refractivity contribution is 0.102. The van der Waals surface area contributed by atoms with Crippen LogP contribution in [0.3, 0.4) is 0 Å². The molecule has 43 heavy (non-hydrogen) atoms. The number of hydrogen-bond acceptors (Lipinski definition) is 6. The first-order valence-corrected chi connectivity index (χ1v) is 14.6. The van der Waals surface area contributed by atoms with E-state index in [1.165, 1.54) is 16.7 Å². The molecule has 0 radical (unpaired) electrons. The van der Waals surface area contributed by atoms with Crippen LogP contribution in [0, 0.1) is 0 Å². The second-order valence-electron chi connectivity index (χ2n) is 10.8. The van der Waals surface area contributed by atoms with Crippen molar-refractivity contribution in [3.63, 3.8) is 0 Å². The molecule has 0 saturated heterocycles. The first-order valence-electron chi connectivity index (χ1n) is 14.6. The number of unbranched alkanes of at least 4 members (excludes halogenated alkanes) is 1. The first kappa shape index (κ1) is 29.9. The molecule has 0 aliphatic carbocycles. The molecule has 1 aliphatic heterocycles. The highest BCUT2D eigenvalue weighted by Crippen LogP contribution is 2.33. The van der Waals surface area contributed by atoms with Crippen molar-refractivity contribution in [2.75, 3.05) is 39.7 Å². The molecule has 4 aromatic carbocycles. The minimum absolute atomic E-state index is 0.163. The number of ketones is 1. The largest absolute Gasteiger partial charge is 0.497 e. The van der Waals surface area contributed by atoms with E-state index in [2.05, 4.69) is 34.5 Å². The summed E-state index contributed by atoms with van der Waals surface area (Å²) in [5.41, 5.74) is 6.01. The zero-order valence-electron chi connectivity index (χ0n) is 25.0. The molecule has 0 fully saturated rings. The maximum absolute atomic E-state index is 13.0. The summed E-state index contributed by atoms with van der Waals surface area (Å²) in [6, 6.07) is 26.0. The highest BCUT2D eigenvalue weighted by molar-refractivity contribution is 6.11. The molecule has 7 nitrogen and oxygen atoms in total. The molecule has 7 heteroatoms. The van der Waals surface area contributed by atoms with Crippen molar-refractivity contribution in [2.24, 2.45) is 0 Å². The smallest absolute Gasteiger partial charge is 0.255 e. The number of fused-ring (bicyclic) bond motifs is 1. The number of hydrogen-bond donors (Lipinski definition) is 1. The van der Waals surface area contributed by atoms with Gasteiger partial charge in [0.2, 0.25) is 0 Å². The first-order chi connectivity index (χ1) is 21.0. The summed E-state index contributed by atoms with van der Waals surface area (Å²) in [6.07, 6.45) is 4.21. The van der Waals surface area contributed by atoms with Crippen molar-refractivity contribution in [1.82, 2.24) is 4.90 Å². The van der Waals surface area contributed by atoms with Crippen LogP contribution in [0.5, 0.6) is 17.2 Å². The maximum Gasteiger partial charge on any atom is 0.255 e. The summed E-state index contributed by atoms with van der Waals surface area (Å²) in [5, 5.41) is 2.95. The number of methoxy groups -OCH3 is 3. The summed E-state index contributed by atoms with van der Waals surface area (Å²) in [4.78, 5) is 28.4. The molecular formula is C36H38N2O5. The molecular weight excluding hydrogens is 540 g/mol. The van der Waals surface area contributed by atoms with Crippen molar-refractivity contribution in [3.05, 3.63) is 118 Å². The monoisotopic (exact) mass is 578 g/mol. The lowest BCUT2D eigenvalue weighted by Gasteiger charge is -2.29. The molecule has 0 unspecified atom stereocenters. The van der Waals surface area contributed by atoms with E-state index in [0.717, 1.165) is 62.5 Å². The standard InChI is InChI=1S/C36H38N2O5/c1-41-32-12-7-10-28(21-32)35(39)27-9-6-11-29(20-27)36(40)37-31-15-13-25(14-16-31)8-4-5-18-38-19-17-26-22-33(42-2)34(43-3)23-30(26)24-38/h6-7,9-16,20-23H,4-5,8,17-19,24H2,1-3H3,(H,37,40). The molecule has 4 aromatic rings. The quantitative estimate of drug-likeness (QED) is 0.151. The summed E-state index contributed by atoms with van der Waals surface area (Å²) in [7, 11) is 4.92. The Balaban J connectivity index is 1.09. The van der Waals surface area contributed by atoms with E-state index in [9.17, 15) is 9.59 Å². The van der Waals surface area contributed by atoms with Gasteiger partial charge in [-0.15, -0.1) is 0 Å². The second-order valence-corrected chi connectivity index (χ2v) is 10.8. The van der Waals surface area contributed by atoms with Crippen molar-refractivity contribution in [2.45, 2.75) is 32.2 Å². The van der Waals surface area contributed by atoms with E-state index in [4.69, 9.17) is 14.2 Å². The van der Waals surface area contributed by atoms with Crippen molar-refractivity contribution < 1.29 is 23.8 Å². The van der Waals surface area contributed by atoms with Gasteiger partial charge in [0.25, 0.3) is 5.91 Å². The SMILES string of the molecule is COc1cccc(C(=O)c2cccc(C(=O)Nc3ccc(CCCCN4CCc5cc(OC)c(OC)cc5C4)cc3)c2)c1. The minimum atomic E-state index is -0.257. The van der Waals surface area contributed by atoms with E-state index in [1.54, 1.807) is 69.9 Å². The van der Waals surface area contributed by atoms with Crippen LogP contribution < -0.4 is 19.5 Å². The van der Waals surface area contributed by atoms with E-state index >= 15 is 0 Å². The van der Waals surface area contributed by atoms with Crippen LogP contribution in [-0.4, -0.2) is 51.0 Å². The number of nitrogens with zero attached hydrogens (tertiary/aromatic N) is 1. The van der Waals surface area contributed by atoms with E-state index < -0.39 is 0 Å². The Morgan fingerprint density at radius 2 is 1.42 bits per heavy atom. The molecule has 5 rings (SSSR count). The Kier molecular flexibility index (Phi) is 9.74. The van der Waals surface area contributed by atoms with Gasteiger partial charge in [-0.1, -0.05) is 36.4 Å². The number of ether oxygens (including phenoxy) is 3. The highest BCUT2D eigenvalue weighted by atomic mass is 16.5. The number of carbonyl (C=O) groups excluding carboxylic acids is 2. The second kappa shape index (κ2) is 14.0. The lowest BCUT2D eigenvalue weighted by Crippen LogP contribution is -2.31. The van der Waals surface area contributed by atoms with Gasteiger partial charge in [-0.3, -0.25) is 14.5 Å². The molecule has 0 atom stereocenters. The fraction of sp³-hybridized carbons (Fsp3) is 0.278. The minimum Gasteiger partial charge on any atom is -0.497 e. The third kappa shape index (κ3) is 7.43. The van der Waals surface area contributed by atoms with Gasteiger partial charge in [0.1, 0.15) is 5.75 Å². The Labute approximate surface area is 253 Å². The van der Waals surface area contributed by atoms with Gasteiger partial charge in [0.05, 0.1) is 21.3 Å². The number of carbonyl (C=O) groups is 2. The van der Waals surface area contributed by atoms with Gasteiger partial charge in [-0.2, -0.15) is 0 Å². The fourth-order valence-corrected chi connectivity index (χ4v) is 5.49. The van der Waals surface area contributed by atoms with Gasteiger partial charge in [-0.25, -0.2) is 0 Å². The van der Waals surface area contributed by atoms with Gasteiger partial charge in [0, 0.05) is 35.5 Å². The Morgan fingerprint density at radius 3 is 2.14 bits per heavy atom. The summed E-state index contributed by atoms with van der Waals surface area (Å²) >= 11 is 0. The summed E-state index contributed by atoms with van der Waals surface area (Å²) < 4.78 is 16.2. The van der Waals surface area contributed by atoms with Crippen LogP contribution in [0.25, 0.3) is 0 Å². The van der Waals surface area contributed by atoms with Gasteiger partial charge in [0.15, 0.2) is 17.3 Å². The van der Waals surface area contributed by atoms with Crippen LogP contribution in [-0.2, 0) is 19.4 Å². The molecule has 222 valence electrons. The number of amides is 1. The normalized spacial score (nSPS) is 12.7. The summed E-state index contributed by atoms with van der Waals surface area (Å²) in [5.74, 6) is 1.78.